The normalized spacial score (nSPS) is 12.5. The molecule has 3 aromatic rings. The molecule has 3 rings (SSSR count). The van der Waals surface area contributed by atoms with Crippen molar-refractivity contribution < 1.29 is 31.2 Å². The number of nitrogens with one attached hydrogen (secondary N) is 1. The number of benzene rings is 3. The van der Waals surface area contributed by atoms with E-state index in [0.717, 1.165) is 6.07 Å². The summed E-state index contributed by atoms with van der Waals surface area (Å²) in [4.78, 5) is 27.8. The van der Waals surface area contributed by atoms with Gasteiger partial charge < -0.3 is 10.2 Å². The Morgan fingerprint density at radius 2 is 1.56 bits per heavy atom. The quantitative estimate of drug-likeness (QED) is 0.276. The molecule has 0 aromatic heterocycles. The van der Waals surface area contributed by atoms with Crippen molar-refractivity contribution in [3.05, 3.63) is 94.0 Å². The van der Waals surface area contributed by atoms with Gasteiger partial charge in [-0.15, -0.1) is 0 Å². The molecule has 0 saturated heterocycles. The van der Waals surface area contributed by atoms with E-state index in [4.69, 9.17) is 23.2 Å². The molecule has 7 nitrogen and oxygen atoms in total. The zero-order valence-electron chi connectivity index (χ0n) is 22.2. The van der Waals surface area contributed by atoms with E-state index < -0.39 is 51.9 Å². The number of carbonyl (C=O) groups is 2. The molecule has 0 unspecified atom stereocenters. The van der Waals surface area contributed by atoms with Crippen LogP contribution in [0.1, 0.15) is 31.4 Å². The van der Waals surface area contributed by atoms with E-state index in [0.29, 0.717) is 27.0 Å². The van der Waals surface area contributed by atoms with Crippen LogP contribution in [0, 0.1) is 0 Å². The maximum atomic E-state index is 14.0. The number of amides is 2. The highest BCUT2D eigenvalue weighted by molar-refractivity contribution is 7.92. The first-order valence-electron chi connectivity index (χ1n) is 12.6. The molecule has 0 saturated carbocycles. The molecule has 0 fully saturated rings. The first kappa shape index (κ1) is 32.2. The molecular weight excluding hydrogens is 602 g/mol. The van der Waals surface area contributed by atoms with Crippen LogP contribution in [0.4, 0.5) is 18.9 Å². The highest BCUT2D eigenvalue weighted by atomic mass is 35.5. The molecule has 1 N–H and O–H groups in total. The van der Waals surface area contributed by atoms with Crippen LogP contribution in [-0.2, 0) is 32.3 Å². The maximum Gasteiger partial charge on any atom is 0.416 e. The molecule has 0 aliphatic rings. The van der Waals surface area contributed by atoms with Gasteiger partial charge in [0.15, 0.2) is 0 Å². The van der Waals surface area contributed by atoms with Crippen LogP contribution in [0.2, 0.25) is 10.0 Å². The summed E-state index contributed by atoms with van der Waals surface area (Å²) in [5.74, 6) is -1.33. The van der Waals surface area contributed by atoms with Crippen molar-refractivity contribution in [3.63, 3.8) is 0 Å². The standard InChI is InChI=1S/C28H28Cl2F3N3O4S/c1-3-24(27(38)34-4-2)35(17-19-10-8-9-13-22(19)29)26(37)18-36(41(39,40)21-11-6-5-7-12-21)25-16-20(28(31,32)33)14-15-23(25)30/h5-16,24H,3-4,17-18H2,1-2H3,(H,34,38)/t24-/m1/s1. The maximum absolute atomic E-state index is 14.0. The van der Waals surface area contributed by atoms with Crippen molar-refractivity contribution in [2.24, 2.45) is 0 Å². The van der Waals surface area contributed by atoms with E-state index >= 15 is 0 Å². The van der Waals surface area contributed by atoms with Gasteiger partial charge in [-0.3, -0.25) is 13.9 Å². The number of nitrogens with zero attached hydrogens (tertiary/aromatic N) is 2. The third-order valence-corrected chi connectivity index (χ3v) is 8.65. The first-order valence-corrected chi connectivity index (χ1v) is 14.8. The zero-order chi connectivity index (χ0) is 30.4. The van der Waals surface area contributed by atoms with Crippen LogP contribution >= 0.6 is 23.2 Å². The topological polar surface area (TPSA) is 86.8 Å². The molecule has 0 aliphatic heterocycles. The van der Waals surface area contributed by atoms with Crippen LogP contribution in [0.25, 0.3) is 0 Å². The van der Waals surface area contributed by atoms with Gasteiger partial charge in [-0.1, -0.05) is 66.5 Å². The predicted molar refractivity (Wildman–Crippen MR) is 152 cm³/mol. The Morgan fingerprint density at radius 3 is 2.15 bits per heavy atom. The Hall–Kier alpha value is -3.28. The number of rotatable bonds is 11. The van der Waals surface area contributed by atoms with E-state index in [9.17, 15) is 31.2 Å². The Kier molecular flexibility index (Phi) is 10.7. The van der Waals surface area contributed by atoms with E-state index in [1.807, 2.05) is 0 Å². The molecule has 220 valence electrons. The molecule has 0 bridgehead atoms. The van der Waals surface area contributed by atoms with E-state index in [1.165, 1.54) is 29.2 Å². The van der Waals surface area contributed by atoms with Gasteiger partial charge in [0.1, 0.15) is 12.6 Å². The summed E-state index contributed by atoms with van der Waals surface area (Å²) in [5, 5.41) is 2.65. The number of hydrogen-bond acceptors (Lipinski definition) is 4. The monoisotopic (exact) mass is 629 g/mol. The highest BCUT2D eigenvalue weighted by Crippen LogP contribution is 2.37. The van der Waals surface area contributed by atoms with Crippen molar-refractivity contribution >= 4 is 50.7 Å². The van der Waals surface area contributed by atoms with E-state index in [-0.39, 0.29) is 29.4 Å². The lowest BCUT2D eigenvalue weighted by atomic mass is 10.1. The van der Waals surface area contributed by atoms with E-state index in [1.54, 1.807) is 44.2 Å². The molecule has 0 radical (unpaired) electrons. The van der Waals surface area contributed by atoms with Crippen LogP contribution < -0.4 is 9.62 Å². The molecule has 3 aromatic carbocycles. The lowest BCUT2D eigenvalue weighted by Gasteiger charge is -2.33. The summed E-state index contributed by atoms with van der Waals surface area (Å²) in [6, 6.07) is 14.7. The Bertz CT molecular complexity index is 1490. The molecule has 0 heterocycles. The summed E-state index contributed by atoms with van der Waals surface area (Å²) in [5.41, 5.74) is -1.21. The molecule has 0 spiro atoms. The van der Waals surface area contributed by atoms with Crippen molar-refractivity contribution in [1.82, 2.24) is 10.2 Å². The Labute approximate surface area is 246 Å². The van der Waals surface area contributed by atoms with Crippen molar-refractivity contribution in [1.29, 1.82) is 0 Å². The lowest BCUT2D eigenvalue weighted by molar-refractivity contribution is -0.140. The van der Waals surface area contributed by atoms with Gasteiger partial charge in [0.2, 0.25) is 11.8 Å². The Morgan fingerprint density at radius 1 is 0.927 bits per heavy atom. The van der Waals surface area contributed by atoms with Gasteiger partial charge in [-0.2, -0.15) is 13.2 Å². The van der Waals surface area contributed by atoms with Crippen LogP contribution in [0.3, 0.4) is 0 Å². The number of carbonyl (C=O) groups excluding carboxylic acids is 2. The third-order valence-electron chi connectivity index (χ3n) is 6.19. The summed E-state index contributed by atoms with van der Waals surface area (Å²) in [7, 11) is -4.60. The molecule has 41 heavy (non-hydrogen) atoms. The number of halogens is 5. The van der Waals surface area contributed by atoms with E-state index in [2.05, 4.69) is 5.32 Å². The molecule has 1 atom stereocenters. The summed E-state index contributed by atoms with van der Waals surface area (Å²) in [6.07, 6.45) is -4.65. The third kappa shape index (κ3) is 7.72. The second kappa shape index (κ2) is 13.6. The minimum atomic E-state index is -4.81. The van der Waals surface area contributed by atoms with Crippen molar-refractivity contribution in [2.75, 3.05) is 17.4 Å². The number of anilines is 1. The van der Waals surface area contributed by atoms with Gasteiger partial charge >= 0.3 is 6.18 Å². The van der Waals surface area contributed by atoms with Crippen LogP contribution in [0.15, 0.2) is 77.7 Å². The SMILES string of the molecule is CCNC(=O)[C@@H](CC)N(Cc1ccccc1Cl)C(=O)CN(c1cc(C(F)(F)F)ccc1Cl)S(=O)(=O)c1ccccc1. The van der Waals surface area contributed by atoms with Crippen molar-refractivity contribution in [3.8, 4) is 0 Å². The van der Waals surface area contributed by atoms with Gasteiger partial charge in [0, 0.05) is 18.1 Å². The minimum absolute atomic E-state index is 0.163. The fourth-order valence-corrected chi connectivity index (χ4v) is 6.05. The Balaban J connectivity index is 2.17. The number of sulfonamides is 1. The van der Waals surface area contributed by atoms with Gasteiger partial charge in [-0.25, -0.2) is 8.42 Å². The molecule has 13 heteroatoms. The summed E-state index contributed by atoms with van der Waals surface area (Å²) in [6.45, 7) is 2.55. The summed E-state index contributed by atoms with van der Waals surface area (Å²) >= 11 is 12.6. The fourth-order valence-electron chi connectivity index (χ4n) is 4.13. The second-order valence-electron chi connectivity index (χ2n) is 8.92. The average Bonchev–Trinajstić information content (AvgIpc) is 2.93. The molecule has 2 amide bonds. The smallest absolute Gasteiger partial charge is 0.355 e. The van der Waals surface area contributed by atoms with Gasteiger partial charge in [0.05, 0.1) is 21.2 Å². The fraction of sp³-hybridized carbons (Fsp3) is 0.286. The first-order chi connectivity index (χ1) is 19.3. The number of likely N-dealkylation sites (N-methyl/N-ethyl adjacent to an activating group) is 1. The average molecular weight is 631 g/mol. The van der Waals surface area contributed by atoms with Gasteiger partial charge in [-0.05, 0) is 55.3 Å². The van der Waals surface area contributed by atoms with Crippen LogP contribution in [-0.4, -0.2) is 44.3 Å². The number of alkyl halides is 3. The summed E-state index contributed by atoms with van der Waals surface area (Å²) < 4.78 is 69.0. The second-order valence-corrected chi connectivity index (χ2v) is 11.6. The largest absolute Gasteiger partial charge is 0.416 e. The lowest BCUT2D eigenvalue weighted by Crippen LogP contribution is -2.52. The molecule has 0 aliphatic carbocycles. The minimum Gasteiger partial charge on any atom is -0.355 e. The molecular formula is C28H28Cl2F3N3O4S. The van der Waals surface area contributed by atoms with Crippen LogP contribution in [0.5, 0.6) is 0 Å². The number of hydrogen-bond donors (Lipinski definition) is 1. The van der Waals surface area contributed by atoms with Crippen molar-refractivity contribution in [2.45, 2.75) is 43.9 Å². The predicted octanol–water partition coefficient (Wildman–Crippen LogP) is 6.15. The zero-order valence-corrected chi connectivity index (χ0v) is 24.5. The van der Waals surface area contributed by atoms with Gasteiger partial charge in [0.25, 0.3) is 10.0 Å². The highest BCUT2D eigenvalue weighted by Gasteiger charge is 2.37.